The van der Waals surface area contributed by atoms with Gasteiger partial charge in [0.05, 0.1) is 11.4 Å². The minimum Gasteiger partial charge on any atom is -0.356 e. The highest BCUT2D eigenvalue weighted by molar-refractivity contribution is 7.33. The van der Waals surface area contributed by atoms with Crippen LogP contribution in [-0.4, -0.2) is 6.71 Å². The van der Waals surface area contributed by atoms with E-state index in [4.69, 9.17) is 0 Å². The van der Waals surface area contributed by atoms with Gasteiger partial charge in [0.25, 0.3) is 6.71 Å². The van der Waals surface area contributed by atoms with Crippen molar-refractivity contribution in [3.05, 3.63) is 253 Å². The lowest BCUT2D eigenvalue weighted by Gasteiger charge is -2.41. The van der Waals surface area contributed by atoms with Gasteiger partial charge in [0.1, 0.15) is 0 Å². The Morgan fingerprint density at radius 2 is 0.852 bits per heavy atom. The predicted octanol–water partition coefficient (Wildman–Crippen LogP) is 22.2. The minimum absolute atomic E-state index is 0.0104. The Labute approximate surface area is 524 Å². The summed E-state index contributed by atoms with van der Waals surface area (Å²) in [5.41, 5.74) is 25.6. The van der Waals surface area contributed by atoms with E-state index in [1.807, 2.05) is 11.3 Å². The minimum atomic E-state index is -0.113. The van der Waals surface area contributed by atoms with Gasteiger partial charge in [-0.3, -0.25) is 0 Å². The Bertz CT molecular complexity index is 4870. The van der Waals surface area contributed by atoms with Crippen molar-refractivity contribution in [1.29, 1.82) is 0 Å². The van der Waals surface area contributed by atoms with Crippen molar-refractivity contribution in [3.63, 3.8) is 0 Å². The molecule has 2 aliphatic rings. The number of fused-ring (bicyclic) bond motifs is 12. The molecule has 0 radical (unpaired) electrons. The quantitative estimate of drug-likeness (QED) is 0.132. The number of hydrogen-bond acceptors (Lipinski definition) is 3. The zero-order valence-corrected chi connectivity index (χ0v) is 53.7. The Hall–Kier alpha value is -8.96. The van der Waals surface area contributed by atoms with Gasteiger partial charge in [-0.2, -0.15) is 0 Å². The predicted molar refractivity (Wildman–Crippen MR) is 385 cm³/mol. The average molecular weight is 1160 g/mol. The number of benzene rings is 12. The summed E-state index contributed by atoms with van der Waals surface area (Å²) in [6.07, 6.45) is 0. The van der Waals surface area contributed by atoms with Crippen molar-refractivity contribution in [2.24, 2.45) is 0 Å². The molecule has 13 aromatic rings. The van der Waals surface area contributed by atoms with E-state index in [1.54, 1.807) is 0 Å². The fourth-order valence-electron chi connectivity index (χ4n) is 14.2. The van der Waals surface area contributed by atoms with E-state index in [2.05, 4.69) is 324 Å². The third kappa shape index (κ3) is 9.20. The first kappa shape index (κ1) is 55.6. The molecule has 88 heavy (non-hydrogen) atoms. The number of thiophene rings is 1. The molecule has 0 atom stereocenters. The van der Waals surface area contributed by atoms with E-state index in [1.165, 1.54) is 153 Å². The second-order valence-corrected chi connectivity index (χ2v) is 30.1. The van der Waals surface area contributed by atoms with Crippen LogP contribution in [0.2, 0.25) is 0 Å². The monoisotopic (exact) mass is 1150 g/mol. The second-order valence-electron chi connectivity index (χ2n) is 29.0. The summed E-state index contributed by atoms with van der Waals surface area (Å²) in [6.45, 7) is 27.9. The number of hydrogen-bond donors (Lipinski definition) is 1. The maximum Gasteiger partial charge on any atom is 0.264 e. The molecule has 0 saturated heterocycles. The summed E-state index contributed by atoms with van der Waals surface area (Å²) >= 11 is 1.98. The maximum absolute atomic E-state index is 4.33. The molecule has 0 fully saturated rings. The molecule has 0 spiro atoms. The normalized spacial score (nSPS) is 13.3. The van der Waals surface area contributed by atoms with Crippen LogP contribution in [-0.2, 0) is 21.7 Å². The van der Waals surface area contributed by atoms with Gasteiger partial charge < -0.3 is 10.2 Å². The molecule has 4 heteroatoms. The van der Waals surface area contributed by atoms with Crippen LogP contribution in [0.5, 0.6) is 0 Å². The highest BCUT2D eigenvalue weighted by atomic mass is 32.1. The van der Waals surface area contributed by atoms with Crippen molar-refractivity contribution in [1.82, 2.24) is 0 Å². The topological polar surface area (TPSA) is 15.3 Å². The van der Waals surface area contributed by atoms with Crippen LogP contribution in [0, 0.1) is 0 Å². The molecular weight excluding hydrogens is 1080 g/mol. The first-order valence-electron chi connectivity index (χ1n) is 31.5. The van der Waals surface area contributed by atoms with Gasteiger partial charge in [0, 0.05) is 43.1 Å². The Morgan fingerprint density at radius 1 is 0.341 bits per heavy atom. The molecule has 12 aromatic carbocycles. The lowest BCUT2D eigenvalue weighted by atomic mass is 9.36. The van der Waals surface area contributed by atoms with Crippen molar-refractivity contribution in [3.8, 4) is 55.6 Å². The van der Waals surface area contributed by atoms with Gasteiger partial charge in [0.15, 0.2) is 0 Å². The van der Waals surface area contributed by atoms with Crippen molar-refractivity contribution >= 4 is 105 Å². The molecule has 0 unspecified atom stereocenters. The molecule has 430 valence electrons. The molecule has 15 rings (SSSR count). The van der Waals surface area contributed by atoms with Crippen molar-refractivity contribution in [2.45, 2.75) is 105 Å². The molecule has 0 saturated carbocycles. The Kier molecular flexibility index (Phi) is 12.8. The van der Waals surface area contributed by atoms with E-state index in [0.29, 0.717) is 0 Å². The van der Waals surface area contributed by atoms with Gasteiger partial charge in [-0.15, -0.1) is 11.3 Å². The van der Waals surface area contributed by atoms with Gasteiger partial charge in [0.2, 0.25) is 0 Å². The average Bonchev–Trinajstić information content (AvgIpc) is 1.34. The van der Waals surface area contributed by atoms with Crippen LogP contribution in [0.15, 0.2) is 231 Å². The van der Waals surface area contributed by atoms with Crippen LogP contribution >= 0.6 is 11.3 Å². The first-order valence-corrected chi connectivity index (χ1v) is 32.3. The standard InChI is InChI=1S/C84H75BN2S/c1-81(2,3)56-37-34-51(35-38-56)55-45-70(76-66(52-24-15-13-16-25-52)49-59(84(10,11)12)50-67(76)53-26-17-14-18-27-53)78-71(46-55)85-77-72(86-78)32-23-33-74(77)87(79-69-48-58(83(7,8)9)40-43-75(69)88-80(79)85)73-42-39-57(82(4,5)6)47-65(73)54-36-41-64-62-30-20-19-28-60(62)61-29-21-22-31-63(61)68(64)44-54/h13-50,86H,1-12H3. The summed E-state index contributed by atoms with van der Waals surface area (Å²) < 4.78 is 2.64. The fraction of sp³-hybridized carbons (Fsp3) is 0.190. The Morgan fingerprint density at radius 3 is 1.44 bits per heavy atom. The Balaban J connectivity index is 1.04. The maximum atomic E-state index is 4.33. The largest absolute Gasteiger partial charge is 0.356 e. The first-order chi connectivity index (χ1) is 42.2. The van der Waals surface area contributed by atoms with Crippen molar-refractivity contribution in [2.75, 3.05) is 10.2 Å². The van der Waals surface area contributed by atoms with Gasteiger partial charge in [-0.25, -0.2) is 0 Å². The summed E-state index contributed by atoms with van der Waals surface area (Å²) in [4.78, 5) is 2.68. The molecule has 1 N–H and O–H groups in total. The molecule has 2 aliphatic heterocycles. The molecule has 0 aliphatic carbocycles. The number of nitrogens with one attached hydrogen (secondary N) is 1. The van der Waals surface area contributed by atoms with Gasteiger partial charge in [-0.05, 0) is 192 Å². The van der Waals surface area contributed by atoms with E-state index >= 15 is 0 Å². The molecule has 0 amide bonds. The van der Waals surface area contributed by atoms with Crippen LogP contribution in [0.25, 0.3) is 98.0 Å². The molecule has 1 aromatic heterocycles. The van der Waals surface area contributed by atoms with Gasteiger partial charge in [-0.1, -0.05) is 253 Å². The number of nitrogens with zero attached hydrogens (tertiary/aromatic N) is 1. The SMILES string of the molecule is CC(C)(C)c1ccc(-c2cc3c(c(-c4c(-c5ccccc5)cc(C(C)(C)C)cc4-c4ccccc4)c2)Nc2cccc4c2B3c2sc3ccc(C(C)(C)C)cc3c2N4c2ccc(C(C)(C)C)cc2-c2ccc3c4ccccc4c4ccccc4c3c2)cc1. The molecular formula is C84H75BN2S. The molecule has 0 bridgehead atoms. The second kappa shape index (κ2) is 20.3. The zero-order valence-electron chi connectivity index (χ0n) is 52.9. The lowest BCUT2D eigenvalue weighted by molar-refractivity contribution is 0.590. The van der Waals surface area contributed by atoms with E-state index < -0.39 is 0 Å². The molecule has 3 heterocycles. The van der Waals surface area contributed by atoms with E-state index in [9.17, 15) is 0 Å². The van der Waals surface area contributed by atoms with E-state index in [0.717, 1.165) is 11.4 Å². The molecule has 2 nitrogen and oxygen atoms in total. The summed E-state index contributed by atoms with van der Waals surface area (Å²) in [5.74, 6) is 0. The fourth-order valence-corrected chi connectivity index (χ4v) is 15.5. The highest BCUT2D eigenvalue weighted by Crippen LogP contribution is 2.53. The van der Waals surface area contributed by atoms with Crippen LogP contribution in [0.3, 0.4) is 0 Å². The van der Waals surface area contributed by atoms with Crippen LogP contribution in [0.4, 0.5) is 28.4 Å². The van der Waals surface area contributed by atoms with Crippen LogP contribution < -0.4 is 25.9 Å². The van der Waals surface area contributed by atoms with Gasteiger partial charge >= 0.3 is 0 Å². The number of rotatable bonds is 6. The van der Waals surface area contributed by atoms with E-state index in [-0.39, 0.29) is 28.4 Å². The third-order valence-corrected chi connectivity index (χ3v) is 20.3. The smallest absolute Gasteiger partial charge is 0.264 e. The summed E-state index contributed by atoms with van der Waals surface area (Å²) in [6, 6.07) is 88.6. The zero-order chi connectivity index (χ0) is 60.8. The highest BCUT2D eigenvalue weighted by Gasteiger charge is 2.45. The summed E-state index contributed by atoms with van der Waals surface area (Å²) in [5, 5.41) is 13.3. The number of anilines is 5. The summed E-state index contributed by atoms with van der Waals surface area (Å²) in [7, 11) is 0. The third-order valence-electron chi connectivity index (χ3n) is 19.1. The lowest BCUT2D eigenvalue weighted by Crippen LogP contribution is -2.59. The van der Waals surface area contributed by atoms with Crippen molar-refractivity contribution < 1.29 is 0 Å². The van der Waals surface area contributed by atoms with Crippen LogP contribution in [0.1, 0.15) is 105 Å².